The molecule has 2 N–H and O–H groups in total. The van der Waals surface area contributed by atoms with Gasteiger partial charge in [-0.3, -0.25) is 4.79 Å². The number of fused-ring (bicyclic) bond motifs is 1. The van der Waals surface area contributed by atoms with E-state index in [0.29, 0.717) is 12.8 Å². The molecule has 1 aliphatic rings. The molecule has 1 aliphatic carbocycles. The van der Waals surface area contributed by atoms with Crippen LogP contribution >= 0.6 is 0 Å². The maximum absolute atomic E-state index is 13.6. The third-order valence-corrected chi connectivity index (χ3v) is 3.22. The summed E-state index contributed by atoms with van der Waals surface area (Å²) in [4.78, 5) is 10.8. The van der Waals surface area contributed by atoms with Gasteiger partial charge in [0, 0.05) is 6.42 Å². The Kier molecular flexibility index (Phi) is 3.22. The van der Waals surface area contributed by atoms with E-state index in [2.05, 4.69) is 0 Å². The Bertz CT molecular complexity index is 415. The van der Waals surface area contributed by atoms with E-state index in [9.17, 15) is 9.18 Å². The predicted octanol–water partition coefficient (Wildman–Crippen LogP) is 2.12. The molecule has 0 spiro atoms. The van der Waals surface area contributed by atoms with Gasteiger partial charge in [-0.25, -0.2) is 4.39 Å². The molecule has 1 aromatic carbocycles. The van der Waals surface area contributed by atoms with Gasteiger partial charge in [0.2, 0.25) is 5.91 Å². The van der Waals surface area contributed by atoms with Gasteiger partial charge in [0.1, 0.15) is 5.82 Å². The van der Waals surface area contributed by atoms with Gasteiger partial charge in [-0.2, -0.15) is 0 Å². The molecule has 0 aromatic heterocycles. The molecule has 0 saturated heterocycles. The van der Waals surface area contributed by atoms with E-state index in [0.717, 1.165) is 42.4 Å². The third kappa shape index (κ3) is 2.23. The van der Waals surface area contributed by atoms with Gasteiger partial charge in [-0.05, 0) is 54.9 Å². The van der Waals surface area contributed by atoms with Gasteiger partial charge >= 0.3 is 0 Å². The van der Waals surface area contributed by atoms with E-state index in [1.807, 2.05) is 0 Å². The Balaban J connectivity index is 2.28. The van der Waals surface area contributed by atoms with E-state index in [1.165, 1.54) is 6.07 Å². The first kappa shape index (κ1) is 11.1. The Morgan fingerprint density at radius 1 is 1.25 bits per heavy atom. The van der Waals surface area contributed by atoms with Crippen molar-refractivity contribution in [1.29, 1.82) is 0 Å². The van der Waals surface area contributed by atoms with Crippen molar-refractivity contribution >= 4 is 5.91 Å². The quantitative estimate of drug-likeness (QED) is 0.834. The van der Waals surface area contributed by atoms with E-state index in [1.54, 1.807) is 6.07 Å². The minimum atomic E-state index is -0.297. The van der Waals surface area contributed by atoms with Crippen LogP contribution in [0, 0.1) is 5.82 Å². The normalized spacial score (nSPS) is 14.6. The number of carbonyl (C=O) groups is 1. The van der Waals surface area contributed by atoms with E-state index >= 15 is 0 Å². The minimum absolute atomic E-state index is 0.0995. The van der Waals surface area contributed by atoms with Gasteiger partial charge in [0.25, 0.3) is 0 Å². The number of rotatable bonds is 3. The van der Waals surface area contributed by atoms with Crippen LogP contribution in [-0.2, 0) is 24.1 Å². The number of halogens is 1. The smallest absolute Gasteiger partial charge is 0.217 e. The minimum Gasteiger partial charge on any atom is -0.370 e. The second-order valence-corrected chi connectivity index (χ2v) is 4.34. The highest BCUT2D eigenvalue weighted by molar-refractivity contribution is 5.74. The number of aryl methyl sites for hydroxylation is 1. The summed E-state index contributed by atoms with van der Waals surface area (Å²) in [6.45, 7) is 0. The molecule has 0 unspecified atom stereocenters. The highest BCUT2D eigenvalue weighted by Gasteiger charge is 2.16. The van der Waals surface area contributed by atoms with E-state index in [4.69, 9.17) is 5.73 Å². The summed E-state index contributed by atoms with van der Waals surface area (Å²) in [5.74, 6) is -0.397. The molecule has 0 aliphatic heterocycles. The monoisotopic (exact) mass is 221 g/mol. The molecule has 0 bridgehead atoms. The van der Waals surface area contributed by atoms with Crippen molar-refractivity contribution in [2.24, 2.45) is 5.73 Å². The van der Waals surface area contributed by atoms with Crippen molar-refractivity contribution in [2.45, 2.75) is 38.5 Å². The second kappa shape index (κ2) is 4.64. The van der Waals surface area contributed by atoms with E-state index in [-0.39, 0.29) is 11.7 Å². The average molecular weight is 221 g/mol. The Morgan fingerprint density at radius 3 is 2.62 bits per heavy atom. The lowest BCUT2D eigenvalue weighted by atomic mass is 9.86. The first-order valence-electron chi connectivity index (χ1n) is 5.76. The molecule has 0 fully saturated rings. The van der Waals surface area contributed by atoms with Crippen LogP contribution in [0.25, 0.3) is 0 Å². The van der Waals surface area contributed by atoms with Gasteiger partial charge in [0.15, 0.2) is 0 Å². The SMILES string of the molecule is NC(=O)CCc1ccc(F)c2c1CCCC2. The lowest BCUT2D eigenvalue weighted by molar-refractivity contribution is -0.117. The van der Waals surface area contributed by atoms with Crippen LogP contribution < -0.4 is 5.73 Å². The standard InChI is InChI=1S/C13H16FNO/c14-12-7-5-9(6-8-13(15)16)10-3-1-2-4-11(10)12/h5,7H,1-4,6,8H2,(H2,15,16). The van der Waals surface area contributed by atoms with Crippen molar-refractivity contribution in [1.82, 2.24) is 0 Å². The Labute approximate surface area is 94.6 Å². The lowest BCUT2D eigenvalue weighted by Gasteiger charge is -2.19. The van der Waals surface area contributed by atoms with Crippen molar-refractivity contribution in [2.75, 3.05) is 0 Å². The van der Waals surface area contributed by atoms with Crippen LogP contribution in [0.15, 0.2) is 12.1 Å². The summed E-state index contributed by atoms with van der Waals surface area (Å²) in [5, 5.41) is 0. The third-order valence-electron chi connectivity index (χ3n) is 3.22. The highest BCUT2D eigenvalue weighted by Crippen LogP contribution is 2.27. The highest BCUT2D eigenvalue weighted by atomic mass is 19.1. The van der Waals surface area contributed by atoms with Gasteiger partial charge < -0.3 is 5.73 Å². The fourth-order valence-corrected chi connectivity index (χ4v) is 2.39. The van der Waals surface area contributed by atoms with Crippen LogP contribution in [0.4, 0.5) is 4.39 Å². The second-order valence-electron chi connectivity index (χ2n) is 4.34. The largest absolute Gasteiger partial charge is 0.370 e. The first-order valence-corrected chi connectivity index (χ1v) is 5.76. The number of nitrogens with two attached hydrogens (primary N) is 1. The Morgan fingerprint density at radius 2 is 1.94 bits per heavy atom. The summed E-state index contributed by atoms with van der Waals surface area (Å²) in [6.07, 6.45) is 4.91. The number of hydrogen-bond acceptors (Lipinski definition) is 1. The topological polar surface area (TPSA) is 43.1 Å². The molecule has 0 saturated carbocycles. The van der Waals surface area contributed by atoms with Crippen LogP contribution in [0.2, 0.25) is 0 Å². The summed E-state index contributed by atoms with van der Waals surface area (Å²) >= 11 is 0. The molecule has 2 nitrogen and oxygen atoms in total. The van der Waals surface area contributed by atoms with Gasteiger partial charge in [0.05, 0.1) is 0 Å². The first-order chi connectivity index (χ1) is 7.68. The summed E-state index contributed by atoms with van der Waals surface area (Å²) in [5.41, 5.74) is 8.20. The average Bonchev–Trinajstić information content (AvgIpc) is 2.28. The molecule has 0 radical (unpaired) electrons. The number of primary amides is 1. The van der Waals surface area contributed by atoms with Crippen LogP contribution in [0.5, 0.6) is 0 Å². The molecule has 1 amide bonds. The zero-order valence-corrected chi connectivity index (χ0v) is 9.26. The van der Waals surface area contributed by atoms with Crippen LogP contribution in [-0.4, -0.2) is 5.91 Å². The van der Waals surface area contributed by atoms with Crippen molar-refractivity contribution < 1.29 is 9.18 Å². The molecule has 86 valence electrons. The van der Waals surface area contributed by atoms with Gasteiger partial charge in [-0.15, -0.1) is 0 Å². The number of benzene rings is 1. The van der Waals surface area contributed by atoms with Gasteiger partial charge in [-0.1, -0.05) is 6.07 Å². The predicted molar refractivity (Wildman–Crippen MR) is 60.6 cm³/mol. The van der Waals surface area contributed by atoms with Crippen LogP contribution in [0.3, 0.4) is 0 Å². The van der Waals surface area contributed by atoms with Crippen LogP contribution in [0.1, 0.15) is 36.0 Å². The summed E-state index contributed by atoms with van der Waals surface area (Å²) < 4.78 is 13.6. The van der Waals surface area contributed by atoms with Crippen molar-refractivity contribution in [3.05, 3.63) is 34.6 Å². The number of carbonyl (C=O) groups excluding carboxylic acids is 1. The molecule has 3 heteroatoms. The molecule has 16 heavy (non-hydrogen) atoms. The number of amides is 1. The van der Waals surface area contributed by atoms with Crippen molar-refractivity contribution in [3.8, 4) is 0 Å². The van der Waals surface area contributed by atoms with E-state index < -0.39 is 0 Å². The fourth-order valence-electron chi connectivity index (χ4n) is 2.39. The zero-order valence-electron chi connectivity index (χ0n) is 9.26. The molecule has 1 aromatic rings. The maximum atomic E-state index is 13.6. The molecule has 0 heterocycles. The fraction of sp³-hybridized carbons (Fsp3) is 0.462. The molecule has 2 rings (SSSR count). The molecular formula is C13H16FNO. The number of hydrogen-bond donors (Lipinski definition) is 1. The molecule has 0 atom stereocenters. The maximum Gasteiger partial charge on any atom is 0.217 e. The molecular weight excluding hydrogens is 205 g/mol. The summed E-state index contributed by atoms with van der Waals surface area (Å²) in [6, 6.07) is 3.31. The lowest BCUT2D eigenvalue weighted by Crippen LogP contribution is -2.14. The van der Waals surface area contributed by atoms with Crippen molar-refractivity contribution in [3.63, 3.8) is 0 Å². The zero-order chi connectivity index (χ0) is 11.5. The summed E-state index contributed by atoms with van der Waals surface area (Å²) in [7, 11) is 0. The Hall–Kier alpha value is -1.38.